The van der Waals surface area contributed by atoms with Crippen molar-refractivity contribution in [3.05, 3.63) is 29.3 Å². The second kappa shape index (κ2) is 11.4. The maximum absolute atomic E-state index is 11.4. The largest absolute Gasteiger partial charge is 0.369 e. The van der Waals surface area contributed by atoms with E-state index < -0.39 is 0 Å². The molecule has 2 aliphatic heterocycles. The molecule has 7 nitrogen and oxygen atoms in total. The number of primary amides is 1. The van der Waals surface area contributed by atoms with Gasteiger partial charge in [-0.15, -0.1) is 0 Å². The third-order valence-corrected chi connectivity index (χ3v) is 6.09. The van der Waals surface area contributed by atoms with Crippen molar-refractivity contribution in [3.63, 3.8) is 0 Å². The molecular formula is C22H35ClN6O. The quantitative estimate of drug-likeness (QED) is 0.331. The molecule has 0 saturated carbocycles. The van der Waals surface area contributed by atoms with Gasteiger partial charge < -0.3 is 26.2 Å². The number of amides is 1. The molecule has 0 spiro atoms. The summed E-state index contributed by atoms with van der Waals surface area (Å²) in [5, 5.41) is 7.71. The molecule has 2 unspecified atom stereocenters. The van der Waals surface area contributed by atoms with E-state index in [0.29, 0.717) is 6.04 Å². The Morgan fingerprint density at radius 3 is 2.93 bits per heavy atom. The molecule has 30 heavy (non-hydrogen) atoms. The van der Waals surface area contributed by atoms with Gasteiger partial charge in [-0.3, -0.25) is 9.79 Å². The van der Waals surface area contributed by atoms with Gasteiger partial charge in [-0.25, -0.2) is 0 Å². The third kappa shape index (κ3) is 6.77. The average Bonchev–Trinajstić information content (AvgIpc) is 3.20. The molecule has 2 aliphatic rings. The monoisotopic (exact) mass is 434 g/mol. The normalized spacial score (nSPS) is 22.9. The zero-order valence-electron chi connectivity index (χ0n) is 17.9. The van der Waals surface area contributed by atoms with Gasteiger partial charge >= 0.3 is 0 Å². The van der Waals surface area contributed by atoms with Crippen LogP contribution < -0.4 is 21.3 Å². The van der Waals surface area contributed by atoms with Crippen LogP contribution in [0.1, 0.15) is 32.6 Å². The van der Waals surface area contributed by atoms with Crippen molar-refractivity contribution in [3.8, 4) is 0 Å². The smallest absolute Gasteiger partial charge is 0.221 e. The highest BCUT2D eigenvalue weighted by Crippen LogP contribution is 2.23. The number of aliphatic imine (C=N–C) groups is 1. The Hall–Kier alpha value is -1.99. The maximum atomic E-state index is 11.4. The molecule has 2 fully saturated rings. The first kappa shape index (κ1) is 22.7. The molecule has 2 atom stereocenters. The van der Waals surface area contributed by atoms with Crippen molar-refractivity contribution >= 4 is 29.2 Å². The first-order valence-electron chi connectivity index (χ1n) is 11.1. The fourth-order valence-electron chi connectivity index (χ4n) is 4.27. The van der Waals surface area contributed by atoms with Gasteiger partial charge in [-0.1, -0.05) is 17.7 Å². The average molecular weight is 435 g/mol. The highest BCUT2D eigenvalue weighted by atomic mass is 35.5. The fraction of sp³-hybridized carbons (Fsp3) is 0.636. The van der Waals surface area contributed by atoms with E-state index in [0.717, 1.165) is 82.5 Å². The standard InChI is InChI=1S/C22H35ClN6O/c1-2-25-22(26-10-5-12-28-11-4-6-17(15-28)21(24)30)27-19-9-13-29(16-19)20-8-3-7-18(23)14-20/h3,7-8,14,17,19H,2,4-6,9-13,15-16H2,1H3,(H2,24,30)(H2,25,26,27). The molecule has 1 aromatic rings. The van der Waals surface area contributed by atoms with Gasteiger partial charge in [-0.2, -0.15) is 0 Å². The van der Waals surface area contributed by atoms with Crippen molar-refractivity contribution in [2.75, 3.05) is 50.7 Å². The highest BCUT2D eigenvalue weighted by Gasteiger charge is 2.24. The summed E-state index contributed by atoms with van der Waals surface area (Å²) in [4.78, 5) is 20.9. The third-order valence-electron chi connectivity index (χ3n) is 5.86. The molecule has 1 amide bonds. The lowest BCUT2D eigenvalue weighted by atomic mass is 9.97. The summed E-state index contributed by atoms with van der Waals surface area (Å²) >= 11 is 6.14. The number of benzene rings is 1. The van der Waals surface area contributed by atoms with E-state index in [1.54, 1.807) is 0 Å². The number of nitrogens with one attached hydrogen (secondary N) is 2. The lowest BCUT2D eigenvalue weighted by Gasteiger charge is -2.30. The van der Waals surface area contributed by atoms with Gasteiger partial charge in [-0.05, 0) is 63.9 Å². The number of halogens is 1. The number of carbonyl (C=O) groups excluding carboxylic acids is 1. The van der Waals surface area contributed by atoms with Crippen LogP contribution >= 0.6 is 11.6 Å². The van der Waals surface area contributed by atoms with Crippen LogP contribution in [0.2, 0.25) is 5.02 Å². The number of piperidine rings is 1. The second-order valence-corrected chi connectivity index (χ2v) is 8.65. The SMILES string of the molecule is CCNC(=NCCCN1CCCC(C(N)=O)C1)NC1CCN(c2cccc(Cl)c2)C1. The predicted molar refractivity (Wildman–Crippen MR) is 124 cm³/mol. The molecule has 8 heteroatoms. The van der Waals surface area contributed by atoms with Crippen molar-refractivity contribution in [2.24, 2.45) is 16.6 Å². The van der Waals surface area contributed by atoms with Crippen LogP contribution in [0, 0.1) is 5.92 Å². The topological polar surface area (TPSA) is 86.0 Å². The van der Waals surface area contributed by atoms with Gasteiger partial charge in [0, 0.05) is 49.5 Å². The molecule has 4 N–H and O–H groups in total. The molecule has 0 radical (unpaired) electrons. The zero-order valence-corrected chi connectivity index (χ0v) is 18.7. The van der Waals surface area contributed by atoms with Gasteiger partial charge in [0.15, 0.2) is 5.96 Å². The first-order valence-corrected chi connectivity index (χ1v) is 11.5. The van der Waals surface area contributed by atoms with E-state index in [9.17, 15) is 4.79 Å². The Morgan fingerprint density at radius 2 is 2.17 bits per heavy atom. The van der Waals surface area contributed by atoms with Crippen molar-refractivity contribution < 1.29 is 4.79 Å². The minimum Gasteiger partial charge on any atom is -0.369 e. The van der Waals surface area contributed by atoms with Gasteiger partial charge in [0.1, 0.15) is 0 Å². The number of nitrogens with zero attached hydrogens (tertiary/aromatic N) is 3. The van der Waals surface area contributed by atoms with Crippen LogP contribution in [0.25, 0.3) is 0 Å². The second-order valence-electron chi connectivity index (χ2n) is 8.21. The highest BCUT2D eigenvalue weighted by molar-refractivity contribution is 6.30. The summed E-state index contributed by atoms with van der Waals surface area (Å²) in [6, 6.07) is 8.40. The number of nitrogens with two attached hydrogens (primary N) is 1. The van der Waals surface area contributed by atoms with Gasteiger partial charge in [0.05, 0.1) is 5.92 Å². The Bertz CT molecular complexity index is 727. The summed E-state index contributed by atoms with van der Waals surface area (Å²) in [5.74, 6) is 0.717. The molecule has 0 aromatic heterocycles. The molecule has 2 heterocycles. The first-order chi connectivity index (χ1) is 14.5. The maximum Gasteiger partial charge on any atom is 0.221 e. The van der Waals surface area contributed by atoms with Crippen molar-refractivity contribution in [1.29, 1.82) is 0 Å². The predicted octanol–water partition coefficient (Wildman–Crippen LogP) is 2.06. The number of likely N-dealkylation sites (tertiary alicyclic amines) is 1. The van der Waals surface area contributed by atoms with E-state index in [4.69, 9.17) is 22.3 Å². The Labute approximate surface area is 185 Å². The number of carbonyl (C=O) groups is 1. The van der Waals surface area contributed by atoms with Gasteiger partial charge in [0.2, 0.25) is 5.91 Å². The lowest BCUT2D eigenvalue weighted by molar-refractivity contribution is -0.123. The number of hydrogen-bond acceptors (Lipinski definition) is 4. The molecule has 2 saturated heterocycles. The summed E-state index contributed by atoms with van der Waals surface area (Å²) in [6.45, 7) is 8.42. The van der Waals surface area contributed by atoms with Crippen LogP contribution in [0.3, 0.4) is 0 Å². The van der Waals surface area contributed by atoms with Gasteiger partial charge in [0.25, 0.3) is 0 Å². The van der Waals surface area contributed by atoms with Crippen molar-refractivity contribution in [2.45, 2.75) is 38.6 Å². The summed E-state index contributed by atoms with van der Waals surface area (Å²) in [5.41, 5.74) is 6.65. The van der Waals surface area contributed by atoms with Crippen LogP contribution in [-0.2, 0) is 4.79 Å². The van der Waals surface area contributed by atoms with E-state index in [2.05, 4.69) is 33.4 Å². The Morgan fingerprint density at radius 1 is 1.30 bits per heavy atom. The van der Waals surface area contributed by atoms with Crippen LogP contribution in [0.5, 0.6) is 0 Å². The molecule has 0 aliphatic carbocycles. The Balaban J connectivity index is 1.44. The minimum atomic E-state index is -0.167. The number of hydrogen-bond donors (Lipinski definition) is 3. The fourth-order valence-corrected chi connectivity index (χ4v) is 4.46. The summed E-state index contributed by atoms with van der Waals surface area (Å²) in [6.07, 6.45) is 4.01. The minimum absolute atomic E-state index is 0.00560. The Kier molecular flexibility index (Phi) is 8.63. The molecule has 3 rings (SSSR count). The number of rotatable bonds is 8. The molecule has 0 bridgehead atoms. The number of guanidine groups is 1. The van der Waals surface area contributed by atoms with E-state index >= 15 is 0 Å². The molecule has 1 aromatic carbocycles. The van der Waals surface area contributed by atoms with Crippen molar-refractivity contribution in [1.82, 2.24) is 15.5 Å². The van der Waals surface area contributed by atoms with E-state index in [1.165, 1.54) is 5.69 Å². The van der Waals surface area contributed by atoms with Crippen LogP contribution in [0.4, 0.5) is 5.69 Å². The zero-order chi connectivity index (χ0) is 21.3. The summed E-state index contributed by atoms with van der Waals surface area (Å²) in [7, 11) is 0. The van der Waals surface area contributed by atoms with E-state index in [-0.39, 0.29) is 11.8 Å². The summed E-state index contributed by atoms with van der Waals surface area (Å²) < 4.78 is 0. The lowest BCUT2D eigenvalue weighted by Crippen LogP contribution is -2.45. The number of anilines is 1. The molecule has 166 valence electrons. The molecular weight excluding hydrogens is 400 g/mol. The van der Waals surface area contributed by atoms with E-state index in [1.807, 2.05) is 18.2 Å². The van der Waals surface area contributed by atoms with Crippen LogP contribution in [-0.4, -0.2) is 68.6 Å². The van der Waals surface area contributed by atoms with Crippen LogP contribution in [0.15, 0.2) is 29.3 Å².